The Morgan fingerprint density at radius 2 is 2.00 bits per heavy atom. The number of anilines is 1. The van der Waals surface area contributed by atoms with E-state index in [1.54, 1.807) is 6.92 Å². The lowest BCUT2D eigenvalue weighted by Crippen LogP contribution is -2.13. The van der Waals surface area contributed by atoms with Crippen molar-refractivity contribution in [3.8, 4) is 11.3 Å². The van der Waals surface area contributed by atoms with Crippen LogP contribution in [0.15, 0.2) is 18.2 Å². The third kappa shape index (κ3) is 1.39. The molecule has 0 fully saturated rings. The molecule has 0 radical (unpaired) electrons. The van der Waals surface area contributed by atoms with E-state index in [9.17, 15) is 8.78 Å². The van der Waals surface area contributed by atoms with Gasteiger partial charge in [-0.25, -0.2) is 18.4 Å². The van der Waals surface area contributed by atoms with Crippen LogP contribution in [0.3, 0.4) is 0 Å². The summed E-state index contributed by atoms with van der Waals surface area (Å²) in [6, 6.07) is 3.82. The van der Waals surface area contributed by atoms with Crippen LogP contribution in [-0.4, -0.2) is 9.66 Å². The number of hydrogen-bond donors (Lipinski definition) is 2. The largest absolute Gasteiger partial charge is 0.382 e. The summed E-state index contributed by atoms with van der Waals surface area (Å²) in [6.45, 7) is 1.62. The van der Waals surface area contributed by atoms with Gasteiger partial charge < -0.3 is 11.6 Å². The van der Waals surface area contributed by atoms with Crippen LogP contribution in [0.4, 0.5) is 14.6 Å². The molecule has 2 aromatic rings. The number of benzene rings is 1. The van der Waals surface area contributed by atoms with Crippen molar-refractivity contribution in [1.29, 1.82) is 0 Å². The first kappa shape index (κ1) is 10.4. The molecule has 4 N–H and O–H groups in total. The van der Waals surface area contributed by atoms with E-state index in [4.69, 9.17) is 11.6 Å². The van der Waals surface area contributed by atoms with Crippen LogP contribution in [0.25, 0.3) is 11.3 Å². The molecule has 4 nitrogen and oxygen atoms in total. The molecule has 2 rings (SSSR count). The highest BCUT2D eigenvalue weighted by Crippen LogP contribution is 2.28. The Balaban J connectivity index is 2.68. The summed E-state index contributed by atoms with van der Waals surface area (Å²) < 4.78 is 27.6. The molecular formula is C10H10F2N4. The SMILES string of the molecule is Cc1nc(-c2cccc(F)c2F)c(N)n1N. The predicted octanol–water partition coefficient (Wildman–Crippen LogP) is 1.43. The van der Waals surface area contributed by atoms with Gasteiger partial charge in [-0.15, -0.1) is 0 Å². The first-order valence-electron chi connectivity index (χ1n) is 4.56. The molecule has 84 valence electrons. The second kappa shape index (κ2) is 3.48. The monoisotopic (exact) mass is 224 g/mol. The van der Waals surface area contributed by atoms with E-state index in [0.29, 0.717) is 5.82 Å². The van der Waals surface area contributed by atoms with Gasteiger partial charge in [0, 0.05) is 5.56 Å². The van der Waals surface area contributed by atoms with Crippen LogP contribution in [-0.2, 0) is 0 Å². The molecular weight excluding hydrogens is 214 g/mol. The lowest BCUT2D eigenvalue weighted by molar-refractivity contribution is 0.511. The van der Waals surface area contributed by atoms with Crippen molar-refractivity contribution in [3.63, 3.8) is 0 Å². The minimum Gasteiger partial charge on any atom is -0.382 e. The van der Waals surface area contributed by atoms with E-state index < -0.39 is 11.6 Å². The number of imidazole rings is 1. The summed E-state index contributed by atoms with van der Waals surface area (Å²) in [7, 11) is 0. The topological polar surface area (TPSA) is 69.9 Å². The second-order valence-corrected chi connectivity index (χ2v) is 3.36. The van der Waals surface area contributed by atoms with Crippen molar-refractivity contribution in [2.75, 3.05) is 11.6 Å². The molecule has 0 amide bonds. The van der Waals surface area contributed by atoms with Gasteiger partial charge in [0.1, 0.15) is 11.5 Å². The summed E-state index contributed by atoms with van der Waals surface area (Å²) >= 11 is 0. The van der Waals surface area contributed by atoms with Gasteiger partial charge in [0.15, 0.2) is 17.5 Å². The number of nitrogens with zero attached hydrogens (tertiary/aromatic N) is 2. The van der Waals surface area contributed by atoms with E-state index in [1.165, 1.54) is 12.1 Å². The standard InChI is InChI=1S/C10H10F2N4/c1-5-15-9(10(13)16(5)14)6-3-2-4-7(11)8(6)12/h2-4H,13-14H2,1H3. The Kier molecular flexibility index (Phi) is 2.26. The maximum atomic E-state index is 13.5. The van der Waals surface area contributed by atoms with E-state index in [2.05, 4.69) is 4.98 Å². The summed E-state index contributed by atoms with van der Waals surface area (Å²) in [4.78, 5) is 3.99. The smallest absolute Gasteiger partial charge is 0.168 e. The molecule has 16 heavy (non-hydrogen) atoms. The lowest BCUT2D eigenvalue weighted by Gasteiger charge is -2.02. The normalized spacial score (nSPS) is 10.7. The van der Waals surface area contributed by atoms with E-state index >= 15 is 0 Å². The van der Waals surface area contributed by atoms with Crippen LogP contribution in [0, 0.1) is 18.6 Å². The van der Waals surface area contributed by atoms with Crippen LogP contribution >= 0.6 is 0 Å². The van der Waals surface area contributed by atoms with Gasteiger partial charge in [-0.2, -0.15) is 0 Å². The molecule has 0 unspecified atom stereocenters. The fourth-order valence-corrected chi connectivity index (χ4v) is 1.45. The zero-order valence-corrected chi connectivity index (χ0v) is 8.54. The minimum absolute atomic E-state index is 0.00444. The Morgan fingerprint density at radius 1 is 1.31 bits per heavy atom. The van der Waals surface area contributed by atoms with Gasteiger partial charge in [0.25, 0.3) is 0 Å². The highest BCUT2D eigenvalue weighted by Gasteiger charge is 2.17. The second-order valence-electron chi connectivity index (χ2n) is 3.36. The van der Waals surface area contributed by atoms with Gasteiger partial charge in [0.05, 0.1) is 0 Å². The number of nitrogen functional groups attached to an aromatic ring is 2. The third-order valence-corrected chi connectivity index (χ3v) is 2.33. The summed E-state index contributed by atoms with van der Waals surface area (Å²) in [5.74, 6) is 4.14. The molecule has 6 heteroatoms. The summed E-state index contributed by atoms with van der Waals surface area (Å²) in [6.07, 6.45) is 0. The van der Waals surface area contributed by atoms with Gasteiger partial charge in [-0.05, 0) is 19.1 Å². The van der Waals surface area contributed by atoms with Gasteiger partial charge >= 0.3 is 0 Å². The molecule has 1 aromatic heterocycles. The van der Waals surface area contributed by atoms with Crippen LogP contribution in [0.5, 0.6) is 0 Å². The molecule has 1 aromatic carbocycles. The average Bonchev–Trinajstić information content (AvgIpc) is 2.50. The van der Waals surface area contributed by atoms with E-state index in [0.717, 1.165) is 10.7 Å². The molecule has 0 bridgehead atoms. The first-order valence-corrected chi connectivity index (χ1v) is 4.56. The van der Waals surface area contributed by atoms with Crippen molar-refractivity contribution in [1.82, 2.24) is 9.66 Å². The first-order chi connectivity index (χ1) is 7.52. The number of hydrogen-bond acceptors (Lipinski definition) is 3. The number of halogens is 2. The Labute approximate surface area is 90.5 Å². The molecule has 0 aliphatic heterocycles. The molecule has 0 saturated heterocycles. The lowest BCUT2D eigenvalue weighted by atomic mass is 10.1. The van der Waals surface area contributed by atoms with Crippen LogP contribution in [0.1, 0.15) is 5.82 Å². The van der Waals surface area contributed by atoms with Crippen molar-refractivity contribution in [2.45, 2.75) is 6.92 Å². The Hall–Kier alpha value is -2.11. The van der Waals surface area contributed by atoms with Crippen molar-refractivity contribution in [3.05, 3.63) is 35.7 Å². The van der Waals surface area contributed by atoms with Crippen molar-refractivity contribution in [2.24, 2.45) is 0 Å². The number of rotatable bonds is 1. The summed E-state index contributed by atoms with van der Waals surface area (Å²) in [5, 5.41) is 0. The van der Waals surface area contributed by atoms with Crippen LogP contribution < -0.4 is 11.6 Å². The van der Waals surface area contributed by atoms with Crippen molar-refractivity contribution < 1.29 is 8.78 Å². The van der Waals surface area contributed by atoms with Gasteiger partial charge in [0.2, 0.25) is 0 Å². The zero-order valence-electron chi connectivity index (χ0n) is 8.54. The Bertz CT molecular complexity index is 548. The minimum atomic E-state index is -0.979. The highest BCUT2D eigenvalue weighted by atomic mass is 19.2. The third-order valence-electron chi connectivity index (χ3n) is 2.33. The van der Waals surface area contributed by atoms with Gasteiger partial charge in [-0.3, -0.25) is 0 Å². The zero-order chi connectivity index (χ0) is 11.9. The molecule has 0 saturated carbocycles. The molecule has 0 aliphatic carbocycles. The average molecular weight is 224 g/mol. The molecule has 0 atom stereocenters. The maximum Gasteiger partial charge on any atom is 0.168 e. The molecule has 0 spiro atoms. The fourth-order valence-electron chi connectivity index (χ4n) is 1.45. The van der Waals surface area contributed by atoms with Crippen LogP contribution in [0.2, 0.25) is 0 Å². The quantitative estimate of drug-likeness (QED) is 0.720. The van der Waals surface area contributed by atoms with Gasteiger partial charge in [-0.1, -0.05) is 6.07 Å². The van der Waals surface area contributed by atoms with E-state index in [-0.39, 0.29) is 17.1 Å². The summed E-state index contributed by atoms with van der Waals surface area (Å²) in [5.41, 5.74) is 5.80. The molecule has 0 aliphatic rings. The number of aryl methyl sites for hydroxylation is 1. The number of aromatic nitrogens is 2. The van der Waals surface area contributed by atoms with Crippen molar-refractivity contribution >= 4 is 5.82 Å². The predicted molar refractivity (Wildman–Crippen MR) is 56.9 cm³/mol. The highest BCUT2D eigenvalue weighted by molar-refractivity contribution is 5.71. The number of nitrogens with two attached hydrogens (primary N) is 2. The van der Waals surface area contributed by atoms with E-state index in [1.807, 2.05) is 0 Å². The maximum absolute atomic E-state index is 13.5. The fraction of sp³-hybridized carbons (Fsp3) is 0.100. The Morgan fingerprint density at radius 3 is 2.56 bits per heavy atom. The molecule has 1 heterocycles.